The Balaban J connectivity index is 1.59. The summed E-state index contributed by atoms with van der Waals surface area (Å²) in [5, 5.41) is 3.46. The Hall–Kier alpha value is -1.000. The maximum Gasteiger partial charge on any atom is 0.224 e. The molecule has 1 aromatic carbocycles. The molecule has 1 aromatic rings. The van der Waals surface area contributed by atoms with Crippen molar-refractivity contribution in [2.75, 3.05) is 24.6 Å². The molecule has 0 radical (unpaired) electrons. The van der Waals surface area contributed by atoms with Crippen molar-refractivity contribution in [1.82, 2.24) is 10.2 Å². The zero-order chi connectivity index (χ0) is 14.7. The number of hydrogen-bond acceptors (Lipinski definition) is 3. The molecule has 2 aliphatic rings. The number of hydrogen-bond donors (Lipinski definition) is 1. The largest absolute Gasteiger partial charge is 0.339 e. The standard InChI is InChI=1S/C17H24N2OS/c1-13-9-15(14-5-3-2-4-6-14)11-19(13)17(20)10-16-12-21-8-7-18-16/h2-6,13,15-16,18H,7-12H2,1H3/t13-,15+,16+/m1/s1. The number of amides is 1. The van der Waals surface area contributed by atoms with E-state index in [1.165, 1.54) is 11.3 Å². The molecule has 3 atom stereocenters. The summed E-state index contributed by atoms with van der Waals surface area (Å²) in [5.41, 5.74) is 1.37. The summed E-state index contributed by atoms with van der Waals surface area (Å²) in [4.78, 5) is 14.7. The SMILES string of the molecule is C[C@@H]1C[C@H](c2ccccc2)CN1C(=O)C[C@H]1CSCCN1. The molecule has 3 rings (SSSR count). The molecular formula is C17H24N2OS. The Morgan fingerprint density at radius 1 is 1.38 bits per heavy atom. The number of rotatable bonds is 3. The molecule has 21 heavy (non-hydrogen) atoms. The van der Waals surface area contributed by atoms with Crippen molar-refractivity contribution >= 4 is 17.7 Å². The van der Waals surface area contributed by atoms with E-state index in [2.05, 4.69) is 47.5 Å². The van der Waals surface area contributed by atoms with Gasteiger partial charge in [0, 0.05) is 49.0 Å². The summed E-state index contributed by atoms with van der Waals surface area (Å²) in [6.45, 7) is 4.10. The van der Waals surface area contributed by atoms with Crippen molar-refractivity contribution in [1.29, 1.82) is 0 Å². The Morgan fingerprint density at radius 2 is 2.19 bits per heavy atom. The van der Waals surface area contributed by atoms with Gasteiger partial charge in [0.25, 0.3) is 0 Å². The maximum atomic E-state index is 12.6. The van der Waals surface area contributed by atoms with Crippen LogP contribution in [-0.2, 0) is 4.79 Å². The van der Waals surface area contributed by atoms with Crippen LogP contribution in [0.3, 0.4) is 0 Å². The zero-order valence-corrected chi connectivity index (χ0v) is 13.4. The van der Waals surface area contributed by atoms with Crippen LogP contribution in [0.15, 0.2) is 30.3 Å². The topological polar surface area (TPSA) is 32.3 Å². The lowest BCUT2D eigenvalue weighted by molar-refractivity contribution is -0.132. The van der Waals surface area contributed by atoms with Gasteiger partial charge in [-0.15, -0.1) is 0 Å². The first-order valence-corrected chi connectivity index (χ1v) is 9.05. The van der Waals surface area contributed by atoms with E-state index >= 15 is 0 Å². The molecule has 2 fully saturated rings. The third kappa shape index (κ3) is 3.61. The molecule has 2 aliphatic heterocycles. The first-order valence-electron chi connectivity index (χ1n) is 7.89. The molecule has 0 aromatic heterocycles. The summed E-state index contributed by atoms with van der Waals surface area (Å²) in [5.74, 6) is 3.05. The lowest BCUT2D eigenvalue weighted by atomic mass is 9.97. The molecule has 0 unspecified atom stereocenters. The Bertz CT molecular complexity index is 473. The van der Waals surface area contributed by atoms with Gasteiger partial charge in [-0.1, -0.05) is 30.3 Å². The number of thioether (sulfide) groups is 1. The second-order valence-corrected chi connectivity index (χ2v) is 7.32. The fraction of sp³-hybridized carbons (Fsp3) is 0.588. The molecule has 1 amide bonds. The minimum atomic E-state index is 0.320. The van der Waals surface area contributed by atoms with E-state index in [1.54, 1.807) is 0 Å². The minimum Gasteiger partial charge on any atom is -0.339 e. The van der Waals surface area contributed by atoms with Crippen LogP contribution < -0.4 is 5.32 Å². The van der Waals surface area contributed by atoms with Gasteiger partial charge in [0.2, 0.25) is 5.91 Å². The van der Waals surface area contributed by atoms with Crippen molar-refractivity contribution in [3.63, 3.8) is 0 Å². The minimum absolute atomic E-state index is 0.320. The molecule has 0 saturated carbocycles. The van der Waals surface area contributed by atoms with E-state index in [9.17, 15) is 4.79 Å². The van der Waals surface area contributed by atoms with Gasteiger partial charge in [-0.2, -0.15) is 11.8 Å². The van der Waals surface area contributed by atoms with Crippen LogP contribution in [0.5, 0.6) is 0 Å². The highest BCUT2D eigenvalue weighted by Crippen LogP contribution is 2.32. The van der Waals surface area contributed by atoms with Crippen molar-refractivity contribution < 1.29 is 4.79 Å². The molecular weight excluding hydrogens is 280 g/mol. The molecule has 3 nitrogen and oxygen atoms in total. The van der Waals surface area contributed by atoms with E-state index in [4.69, 9.17) is 0 Å². The summed E-state index contributed by atoms with van der Waals surface area (Å²) in [7, 11) is 0. The summed E-state index contributed by atoms with van der Waals surface area (Å²) >= 11 is 1.95. The summed E-state index contributed by atoms with van der Waals surface area (Å²) in [6.07, 6.45) is 1.74. The van der Waals surface area contributed by atoms with Gasteiger partial charge in [0.05, 0.1) is 0 Å². The van der Waals surface area contributed by atoms with Crippen LogP contribution in [0.1, 0.15) is 31.2 Å². The number of nitrogens with one attached hydrogen (secondary N) is 1. The smallest absolute Gasteiger partial charge is 0.224 e. The lowest BCUT2D eigenvalue weighted by Crippen LogP contribution is -2.43. The molecule has 2 saturated heterocycles. The second kappa shape index (κ2) is 6.84. The van der Waals surface area contributed by atoms with Gasteiger partial charge in [0.1, 0.15) is 0 Å². The van der Waals surface area contributed by atoms with Crippen LogP contribution in [0.2, 0.25) is 0 Å². The molecule has 114 valence electrons. The van der Waals surface area contributed by atoms with Crippen LogP contribution in [-0.4, -0.2) is 47.5 Å². The lowest BCUT2D eigenvalue weighted by Gasteiger charge is -2.27. The average molecular weight is 304 g/mol. The fourth-order valence-corrected chi connectivity index (χ4v) is 4.37. The maximum absolute atomic E-state index is 12.6. The number of carbonyl (C=O) groups is 1. The van der Waals surface area contributed by atoms with Crippen LogP contribution >= 0.6 is 11.8 Å². The third-order valence-corrected chi connectivity index (χ3v) is 5.72. The highest BCUT2D eigenvalue weighted by molar-refractivity contribution is 7.99. The molecule has 0 bridgehead atoms. The molecule has 0 spiro atoms. The van der Waals surface area contributed by atoms with E-state index in [-0.39, 0.29) is 0 Å². The van der Waals surface area contributed by atoms with Gasteiger partial charge in [-0.3, -0.25) is 4.79 Å². The Kier molecular flexibility index (Phi) is 4.86. The summed E-state index contributed by atoms with van der Waals surface area (Å²) < 4.78 is 0. The van der Waals surface area contributed by atoms with Crippen molar-refractivity contribution in [2.45, 2.75) is 37.8 Å². The van der Waals surface area contributed by atoms with Gasteiger partial charge in [0.15, 0.2) is 0 Å². The van der Waals surface area contributed by atoms with Crippen LogP contribution in [0.4, 0.5) is 0 Å². The van der Waals surface area contributed by atoms with E-state index in [0.29, 0.717) is 30.3 Å². The predicted octanol–water partition coefficient (Wildman–Crippen LogP) is 2.49. The molecule has 4 heteroatoms. The second-order valence-electron chi connectivity index (χ2n) is 6.17. The molecule has 0 aliphatic carbocycles. The van der Waals surface area contributed by atoms with Crippen molar-refractivity contribution in [3.8, 4) is 0 Å². The first kappa shape index (κ1) is 14.9. The summed E-state index contributed by atoms with van der Waals surface area (Å²) in [6, 6.07) is 11.3. The predicted molar refractivity (Wildman–Crippen MR) is 88.7 cm³/mol. The quantitative estimate of drug-likeness (QED) is 0.931. The zero-order valence-electron chi connectivity index (χ0n) is 12.6. The van der Waals surface area contributed by atoms with Gasteiger partial charge >= 0.3 is 0 Å². The molecule has 2 heterocycles. The molecule has 1 N–H and O–H groups in total. The number of carbonyl (C=O) groups excluding carboxylic acids is 1. The van der Waals surface area contributed by atoms with Gasteiger partial charge in [-0.05, 0) is 18.9 Å². The average Bonchev–Trinajstić information content (AvgIpc) is 2.91. The fourth-order valence-electron chi connectivity index (χ4n) is 3.42. The van der Waals surface area contributed by atoms with E-state index < -0.39 is 0 Å². The number of likely N-dealkylation sites (tertiary alicyclic amines) is 1. The Labute approximate surface area is 131 Å². The van der Waals surface area contributed by atoms with Gasteiger partial charge < -0.3 is 10.2 Å². The Morgan fingerprint density at radius 3 is 2.90 bits per heavy atom. The van der Waals surface area contributed by atoms with Crippen LogP contribution in [0, 0.1) is 0 Å². The van der Waals surface area contributed by atoms with Crippen molar-refractivity contribution in [2.24, 2.45) is 0 Å². The first-order chi connectivity index (χ1) is 10.2. The number of nitrogens with zero attached hydrogens (tertiary/aromatic N) is 1. The highest BCUT2D eigenvalue weighted by atomic mass is 32.2. The normalized spacial score (nSPS) is 29.6. The van der Waals surface area contributed by atoms with Gasteiger partial charge in [-0.25, -0.2) is 0 Å². The third-order valence-electron chi connectivity index (χ3n) is 4.59. The highest BCUT2D eigenvalue weighted by Gasteiger charge is 2.33. The van der Waals surface area contributed by atoms with E-state index in [1.807, 2.05) is 11.8 Å². The number of benzene rings is 1. The van der Waals surface area contributed by atoms with E-state index in [0.717, 1.165) is 25.3 Å². The monoisotopic (exact) mass is 304 g/mol. The van der Waals surface area contributed by atoms with Crippen LogP contribution in [0.25, 0.3) is 0 Å². The van der Waals surface area contributed by atoms with Crippen molar-refractivity contribution in [3.05, 3.63) is 35.9 Å².